The van der Waals surface area contributed by atoms with Gasteiger partial charge in [0.25, 0.3) is 0 Å². The number of aliphatic hydroxyl groups is 1. The van der Waals surface area contributed by atoms with E-state index in [1.807, 2.05) is 23.5 Å². The summed E-state index contributed by atoms with van der Waals surface area (Å²) >= 11 is 4.08. The first kappa shape index (κ1) is 15.6. The monoisotopic (exact) mass is 279 g/mol. The van der Waals surface area contributed by atoms with Crippen molar-refractivity contribution in [1.29, 1.82) is 0 Å². The highest BCUT2D eigenvalue weighted by molar-refractivity contribution is 8.06. The van der Waals surface area contributed by atoms with E-state index in [1.165, 1.54) is 17.3 Å². The molecule has 5 heteroatoms. The van der Waals surface area contributed by atoms with Crippen LogP contribution in [0.25, 0.3) is 0 Å². The third-order valence-electron chi connectivity index (χ3n) is 2.59. The summed E-state index contributed by atoms with van der Waals surface area (Å²) in [6, 6.07) is 0. The summed E-state index contributed by atoms with van der Waals surface area (Å²) in [5.74, 6) is 3.79. The van der Waals surface area contributed by atoms with Crippen molar-refractivity contribution >= 4 is 23.5 Å². The van der Waals surface area contributed by atoms with Gasteiger partial charge in [-0.15, -0.1) is 0 Å². The molecule has 1 saturated heterocycles. The highest BCUT2D eigenvalue weighted by Gasteiger charge is 2.14. The second kappa shape index (κ2) is 10.5. The van der Waals surface area contributed by atoms with E-state index in [0.717, 1.165) is 26.0 Å². The topological polar surface area (TPSA) is 41.5 Å². The summed E-state index contributed by atoms with van der Waals surface area (Å²) in [5.41, 5.74) is 0. The number of nitrogens with one attached hydrogen (secondary N) is 1. The Morgan fingerprint density at radius 1 is 1.47 bits per heavy atom. The number of rotatable bonds is 9. The van der Waals surface area contributed by atoms with Gasteiger partial charge in [0.2, 0.25) is 0 Å². The number of unbranched alkanes of at least 4 members (excludes halogenated alkanes) is 1. The van der Waals surface area contributed by atoms with E-state index in [0.29, 0.717) is 18.4 Å². The molecule has 1 aliphatic rings. The van der Waals surface area contributed by atoms with Crippen LogP contribution < -0.4 is 5.32 Å². The third-order valence-corrected chi connectivity index (χ3v) is 5.43. The molecule has 0 aromatic carbocycles. The molecule has 0 saturated carbocycles. The lowest BCUT2D eigenvalue weighted by Gasteiger charge is -2.22. The van der Waals surface area contributed by atoms with Crippen molar-refractivity contribution in [2.75, 3.05) is 43.6 Å². The van der Waals surface area contributed by atoms with Gasteiger partial charge in [-0.05, 0) is 6.42 Å². The summed E-state index contributed by atoms with van der Waals surface area (Å²) in [6.45, 7) is 5.01. The van der Waals surface area contributed by atoms with Gasteiger partial charge in [-0.3, -0.25) is 0 Å². The molecule has 1 heterocycles. The average Bonchev–Trinajstić information content (AvgIpc) is 2.36. The van der Waals surface area contributed by atoms with Crippen LogP contribution >= 0.6 is 23.5 Å². The van der Waals surface area contributed by atoms with Gasteiger partial charge in [0.1, 0.15) is 0 Å². The van der Waals surface area contributed by atoms with Crippen molar-refractivity contribution < 1.29 is 9.84 Å². The second-order valence-electron chi connectivity index (χ2n) is 4.31. The predicted molar refractivity (Wildman–Crippen MR) is 78.2 cm³/mol. The molecule has 1 rings (SSSR count). The Morgan fingerprint density at radius 2 is 2.35 bits per heavy atom. The first-order valence-electron chi connectivity index (χ1n) is 6.48. The Hall–Kier alpha value is 0.580. The molecule has 102 valence electrons. The summed E-state index contributed by atoms with van der Waals surface area (Å²) in [7, 11) is 0. The fourth-order valence-corrected chi connectivity index (χ4v) is 4.24. The minimum absolute atomic E-state index is 0.368. The molecule has 1 aliphatic heterocycles. The largest absolute Gasteiger partial charge is 0.389 e. The van der Waals surface area contributed by atoms with E-state index in [9.17, 15) is 5.11 Å². The predicted octanol–water partition coefficient (Wildman–Crippen LogP) is 1.60. The summed E-state index contributed by atoms with van der Waals surface area (Å²) in [6.07, 6.45) is 1.86. The zero-order valence-corrected chi connectivity index (χ0v) is 12.3. The van der Waals surface area contributed by atoms with Gasteiger partial charge >= 0.3 is 0 Å². The summed E-state index contributed by atoms with van der Waals surface area (Å²) in [5, 5.41) is 13.7. The highest BCUT2D eigenvalue weighted by Crippen LogP contribution is 2.23. The molecule has 0 spiro atoms. The van der Waals surface area contributed by atoms with Crippen LogP contribution in [0.2, 0.25) is 0 Å². The zero-order valence-electron chi connectivity index (χ0n) is 10.7. The van der Waals surface area contributed by atoms with E-state index in [-0.39, 0.29) is 6.10 Å². The Balaban J connectivity index is 1.90. The third kappa shape index (κ3) is 8.32. The van der Waals surface area contributed by atoms with E-state index in [2.05, 4.69) is 12.2 Å². The second-order valence-corrected chi connectivity index (χ2v) is 6.87. The van der Waals surface area contributed by atoms with E-state index in [4.69, 9.17) is 4.74 Å². The number of aliphatic hydroxyl groups excluding tert-OH is 1. The molecular formula is C12H25NO2S2. The van der Waals surface area contributed by atoms with Crippen molar-refractivity contribution in [2.45, 2.75) is 31.1 Å². The van der Waals surface area contributed by atoms with Gasteiger partial charge < -0.3 is 15.2 Å². The quantitative estimate of drug-likeness (QED) is 0.628. The maximum Gasteiger partial charge on any atom is 0.0897 e. The molecule has 0 aromatic heterocycles. The smallest absolute Gasteiger partial charge is 0.0897 e. The van der Waals surface area contributed by atoms with E-state index in [1.54, 1.807) is 0 Å². The highest BCUT2D eigenvalue weighted by atomic mass is 32.2. The molecule has 1 fully saturated rings. The molecule has 0 amide bonds. The van der Waals surface area contributed by atoms with Crippen LogP contribution in [0.15, 0.2) is 0 Å². The van der Waals surface area contributed by atoms with E-state index < -0.39 is 0 Å². The van der Waals surface area contributed by atoms with Gasteiger partial charge in [0.15, 0.2) is 0 Å². The normalized spacial score (nSPS) is 22.6. The maximum absolute atomic E-state index is 9.68. The van der Waals surface area contributed by atoms with Crippen molar-refractivity contribution in [3.8, 4) is 0 Å². The Morgan fingerprint density at radius 3 is 3.06 bits per heavy atom. The lowest BCUT2D eigenvalue weighted by molar-refractivity contribution is 0.0361. The van der Waals surface area contributed by atoms with Gasteiger partial charge in [-0.1, -0.05) is 13.3 Å². The van der Waals surface area contributed by atoms with E-state index >= 15 is 0 Å². The molecule has 2 atom stereocenters. The van der Waals surface area contributed by atoms with Crippen molar-refractivity contribution in [1.82, 2.24) is 5.32 Å². The van der Waals surface area contributed by atoms with Gasteiger partial charge in [0, 0.05) is 42.2 Å². The van der Waals surface area contributed by atoms with Gasteiger partial charge in [-0.25, -0.2) is 0 Å². The number of hydrogen-bond donors (Lipinski definition) is 2. The van der Waals surface area contributed by atoms with Crippen molar-refractivity contribution in [3.05, 3.63) is 0 Å². The lowest BCUT2D eigenvalue weighted by atomic mass is 10.3. The molecule has 2 N–H and O–H groups in total. The molecular weight excluding hydrogens is 254 g/mol. The van der Waals surface area contributed by atoms with Crippen LogP contribution in [0.4, 0.5) is 0 Å². The molecule has 0 radical (unpaired) electrons. The number of hydrogen-bond acceptors (Lipinski definition) is 5. The van der Waals surface area contributed by atoms with Crippen LogP contribution in [0.5, 0.6) is 0 Å². The first-order chi connectivity index (χ1) is 8.33. The lowest BCUT2D eigenvalue weighted by Crippen LogP contribution is -2.36. The SMILES string of the molecule is CCCCOCC(O)CNCC1CSCCS1. The van der Waals surface area contributed by atoms with Crippen LogP contribution in [0, 0.1) is 0 Å². The molecule has 2 unspecified atom stereocenters. The summed E-state index contributed by atoms with van der Waals surface area (Å²) < 4.78 is 5.38. The van der Waals surface area contributed by atoms with Gasteiger partial charge in [-0.2, -0.15) is 23.5 Å². The molecule has 0 bridgehead atoms. The maximum atomic E-state index is 9.68. The standard InChI is InChI=1S/C12H25NO2S2/c1-2-3-4-15-9-11(14)7-13-8-12-10-16-5-6-17-12/h11-14H,2-10H2,1H3. The van der Waals surface area contributed by atoms with Crippen molar-refractivity contribution in [2.24, 2.45) is 0 Å². The Bertz CT molecular complexity index is 178. The fraction of sp³-hybridized carbons (Fsp3) is 1.00. The van der Waals surface area contributed by atoms with Crippen molar-refractivity contribution in [3.63, 3.8) is 0 Å². The molecule has 17 heavy (non-hydrogen) atoms. The molecule has 0 aliphatic carbocycles. The van der Waals surface area contributed by atoms with Crippen LogP contribution in [-0.4, -0.2) is 60.0 Å². The van der Waals surface area contributed by atoms with Crippen LogP contribution in [0.1, 0.15) is 19.8 Å². The number of thioether (sulfide) groups is 2. The average molecular weight is 279 g/mol. The minimum atomic E-state index is -0.368. The fourth-order valence-electron chi connectivity index (χ4n) is 1.59. The molecule has 3 nitrogen and oxygen atoms in total. The first-order valence-corrected chi connectivity index (χ1v) is 8.69. The number of ether oxygens (including phenoxy) is 1. The van der Waals surface area contributed by atoms with Crippen LogP contribution in [0.3, 0.4) is 0 Å². The zero-order chi connectivity index (χ0) is 12.3. The Labute approximate surface area is 113 Å². The van der Waals surface area contributed by atoms with Crippen LogP contribution in [-0.2, 0) is 4.74 Å². The van der Waals surface area contributed by atoms with Gasteiger partial charge in [0.05, 0.1) is 12.7 Å². The summed E-state index contributed by atoms with van der Waals surface area (Å²) in [4.78, 5) is 0. The Kier molecular flexibility index (Phi) is 9.66. The molecule has 0 aromatic rings. The minimum Gasteiger partial charge on any atom is -0.389 e.